The van der Waals surface area contributed by atoms with Crippen molar-refractivity contribution in [3.8, 4) is 0 Å². The SMILES string of the molecule is CCC1(CC)CN=C(NC(C)CCS(C)=O)SC1. The highest BCUT2D eigenvalue weighted by Crippen LogP contribution is 2.34. The molecule has 1 rings (SSSR count). The maximum atomic E-state index is 11.1. The Morgan fingerprint density at radius 1 is 1.50 bits per heavy atom. The van der Waals surface area contributed by atoms with Crippen molar-refractivity contribution in [2.75, 3.05) is 24.3 Å². The smallest absolute Gasteiger partial charge is 0.156 e. The van der Waals surface area contributed by atoms with Gasteiger partial charge in [0.25, 0.3) is 0 Å². The zero-order chi connectivity index (χ0) is 13.6. The molecular weight excluding hydrogens is 264 g/mol. The molecule has 0 aliphatic carbocycles. The van der Waals surface area contributed by atoms with E-state index in [1.807, 2.05) is 11.8 Å². The van der Waals surface area contributed by atoms with Crippen LogP contribution in [0.15, 0.2) is 4.99 Å². The molecule has 0 aromatic carbocycles. The third-order valence-corrected chi connectivity index (χ3v) is 5.87. The summed E-state index contributed by atoms with van der Waals surface area (Å²) >= 11 is 1.84. The highest BCUT2D eigenvalue weighted by Gasteiger charge is 2.30. The largest absolute Gasteiger partial charge is 0.362 e. The Balaban J connectivity index is 2.41. The van der Waals surface area contributed by atoms with Crippen LogP contribution in [0.25, 0.3) is 0 Å². The predicted molar refractivity (Wildman–Crippen MR) is 83.9 cm³/mol. The molecule has 106 valence electrons. The van der Waals surface area contributed by atoms with Crippen molar-refractivity contribution in [3.63, 3.8) is 0 Å². The van der Waals surface area contributed by atoms with Crippen LogP contribution in [0.2, 0.25) is 0 Å². The minimum atomic E-state index is -0.695. The highest BCUT2D eigenvalue weighted by molar-refractivity contribution is 8.13. The van der Waals surface area contributed by atoms with Crippen molar-refractivity contribution in [2.45, 2.75) is 46.1 Å². The maximum absolute atomic E-state index is 11.1. The van der Waals surface area contributed by atoms with Crippen molar-refractivity contribution >= 4 is 27.7 Å². The minimum Gasteiger partial charge on any atom is -0.362 e. The summed E-state index contributed by atoms with van der Waals surface area (Å²) in [6.07, 6.45) is 5.11. The molecule has 2 unspecified atom stereocenters. The van der Waals surface area contributed by atoms with Gasteiger partial charge in [-0.15, -0.1) is 0 Å². The highest BCUT2D eigenvalue weighted by atomic mass is 32.2. The molecular formula is C13H26N2OS2. The lowest BCUT2D eigenvalue weighted by Crippen LogP contribution is -2.38. The van der Waals surface area contributed by atoms with Gasteiger partial charge in [-0.3, -0.25) is 9.20 Å². The van der Waals surface area contributed by atoms with Gasteiger partial charge in [-0.25, -0.2) is 0 Å². The zero-order valence-electron chi connectivity index (χ0n) is 12.0. The van der Waals surface area contributed by atoms with Gasteiger partial charge in [0.1, 0.15) is 0 Å². The van der Waals surface area contributed by atoms with E-state index < -0.39 is 10.8 Å². The standard InChI is InChI=1S/C13H26N2OS2/c1-5-13(6-2)9-14-12(17-10-13)15-11(3)7-8-18(4)16/h11H,5-10H2,1-4H3,(H,14,15). The number of aliphatic imine (C=N–C) groups is 1. The molecule has 0 saturated carbocycles. The van der Waals surface area contributed by atoms with Gasteiger partial charge in [-0.05, 0) is 31.6 Å². The van der Waals surface area contributed by atoms with E-state index in [-0.39, 0.29) is 0 Å². The normalized spacial score (nSPS) is 22.1. The van der Waals surface area contributed by atoms with E-state index in [1.54, 1.807) is 6.26 Å². The second-order valence-corrected chi connectivity index (χ2v) is 7.75. The molecule has 1 heterocycles. The van der Waals surface area contributed by atoms with Gasteiger partial charge in [-0.2, -0.15) is 0 Å². The first-order valence-electron chi connectivity index (χ1n) is 6.75. The van der Waals surface area contributed by atoms with Gasteiger partial charge in [-0.1, -0.05) is 25.6 Å². The molecule has 2 atom stereocenters. The number of nitrogens with zero attached hydrogens (tertiary/aromatic N) is 1. The lowest BCUT2D eigenvalue weighted by atomic mass is 9.84. The molecule has 1 N–H and O–H groups in total. The Labute approximate surface area is 118 Å². The van der Waals surface area contributed by atoms with E-state index >= 15 is 0 Å². The quantitative estimate of drug-likeness (QED) is 0.817. The molecule has 1 aliphatic heterocycles. The van der Waals surface area contributed by atoms with Gasteiger partial charge in [0.15, 0.2) is 5.17 Å². The molecule has 0 spiro atoms. The van der Waals surface area contributed by atoms with Crippen LogP contribution in [0.3, 0.4) is 0 Å². The Bertz CT molecular complexity index is 314. The summed E-state index contributed by atoms with van der Waals surface area (Å²) < 4.78 is 11.1. The molecule has 1 aliphatic rings. The van der Waals surface area contributed by atoms with Crippen LogP contribution in [-0.4, -0.2) is 39.7 Å². The maximum Gasteiger partial charge on any atom is 0.156 e. The summed E-state index contributed by atoms with van der Waals surface area (Å²) in [5.41, 5.74) is 0.407. The van der Waals surface area contributed by atoms with Crippen molar-refractivity contribution in [3.05, 3.63) is 0 Å². The average molecular weight is 290 g/mol. The Morgan fingerprint density at radius 2 is 2.17 bits per heavy atom. The number of amidine groups is 1. The number of hydrogen-bond acceptors (Lipinski definition) is 4. The summed E-state index contributed by atoms with van der Waals surface area (Å²) in [4.78, 5) is 4.68. The summed E-state index contributed by atoms with van der Waals surface area (Å²) in [5.74, 6) is 1.93. The molecule has 0 radical (unpaired) electrons. The lowest BCUT2D eigenvalue weighted by molar-refractivity contribution is 0.318. The van der Waals surface area contributed by atoms with Crippen LogP contribution >= 0.6 is 11.8 Å². The molecule has 3 nitrogen and oxygen atoms in total. The Hall–Kier alpha value is -0.0300. The summed E-state index contributed by atoms with van der Waals surface area (Å²) in [6.45, 7) is 7.60. The van der Waals surface area contributed by atoms with Crippen molar-refractivity contribution in [2.24, 2.45) is 10.4 Å². The molecule has 0 aromatic rings. The fourth-order valence-electron chi connectivity index (χ4n) is 1.94. The van der Waals surface area contributed by atoms with Crippen LogP contribution in [-0.2, 0) is 10.8 Å². The minimum absolute atomic E-state index is 0.357. The number of nitrogens with one attached hydrogen (secondary N) is 1. The fraction of sp³-hybridized carbons (Fsp3) is 0.923. The predicted octanol–water partition coefficient (Wildman–Crippen LogP) is 2.64. The molecule has 0 aromatic heterocycles. The first-order valence-corrected chi connectivity index (χ1v) is 9.46. The first-order chi connectivity index (χ1) is 8.51. The van der Waals surface area contributed by atoms with Crippen molar-refractivity contribution < 1.29 is 4.21 Å². The molecule has 0 saturated heterocycles. The number of thioether (sulfide) groups is 1. The van der Waals surface area contributed by atoms with E-state index in [9.17, 15) is 4.21 Å². The van der Waals surface area contributed by atoms with Crippen LogP contribution < -0.4 is 5.32 Å². The van der Waals surface area contributed by atoms with Gasteiger partial charge in [0.05, 0.1) is 0 Å². The van der Waals surface area contributed by atoms with Gasteiger partial charge < -0.3 is 5.32 Å². The van der Waals surface area contributed by atoms with E-state index in [1.165, 1.54) is 12.8 Å². The Morgan fingerprint density at radius 3 is 2.61 bits per heavy atom. The summed E-state index contributed by atoms with van der Waals surface area (Å²) in [6, 6.07) is 0.357. The summed E-state index contributed by atoms with van der Waals surface area (Å²) in [5, 5.41) is 4.51. The summed E-state index contributed by atoms with van der Waals surface area (Å²) in [7, 11) is -0.695. The number of rotatable bonds is 6. The fourth-order valence-corrected chi connectivity index (χ4v) is 4.01. The van der Waals surface area contributed by atoms with Gasteiger partial charge in [0, 0.05) is 41.1 Å². The molecule has 18 heavy (non-hydrogen) atoms. The van der Waals surface area contributed by atoms with Crippen LogP contribution in [0.5, 0.6) is 0 Å². The zero-order valence-corrected chi connectivity index (χ0v) is 13.6. The Kier molecular flexibility index (Phi) is 6.71. The number of hydrogen-bond donors (Lipinski definition) is 1. The van der Waals surface area contributed by atoms with Gasteiger partial charge >= 0.3 is 0 Å². The monoisotopic (exact) mass is 290 g/mol. The van der Waals surface area contributed by atoms with Crippen LogP contribution in [0.1, 0.15) is 40.0 Å². The molecule has 0 bridgehead atoms. The third-order valence-electron chi connectivity index (χ3n) is 3.78. The molecule has 5 heteroatoms. The van der Waals surface area contributed by atoms with E-state index in [4.69, 9.17) is 0 Å². The topological polar surface area (TPSA) is 41.5 Å². The van der Waals surface area contributed by atoms with Crippen molar-refractivity contribution in [1.82, 2.24) is 5.32 Å². The van der Waals surface area contributed by atoms with E-state index in [0.29, 0.717) is 11.5 Å². The van der Waals surface area contributed by atoms with Crippen LogP contribution in [0, 0.1) is 5.41 Å². The second-order valence-electron chi connectivity index (χ2n) is 5.23. The third kappa shape index (κ3) is 4.92. The van der Waals surface area contributed by atoms with E-state index in [0.717, 1.165) is 29.6 Å². The van der Waals surface area contributed by atoms with Crippen LogP contribution in [0.4, 0.5) is 0 Å². The average Bonchev–Trinajstić information content (AvgIpc) is 2.38. The van der Waals surface area contributed by atoms with Crippen molar-refractivity contribution in [1.29, 1.82) is 0 Å². The molecule has 0 fully saturated rings. The first kappa shape index (κ1) is 16.0. The molecule has 0 amide bonds. The second kappa shape index (κ2) is 7.53. The van der Waals surface area contributed by atoms with E-state index in [2.05, 4.69) is 31.1 Å². The lowest BCUT2D eigenvalue weighted by Gasteiger charge is -2.34. The van der Waals surface area contributed by atoms with Gasteiger partial charge in [0.2, 0.25) is 0 Å².